The topological polar surface area (TPSA) is 55.7 Å². The third kappa shape index (κ3) is 4.55. The van der Waals surface area contributed by atoms with Crippen molar-refractivity contribution in [1.29, 1.82) is 0 Å². The predicted octanol–water partition coefficient (Wildman–Crippen LogP) is 4.51. The van der Waals surface area contributed by atoms with E-state index in [0.717, 1.165) is 16.8 Å². The first-order valence-electron chi connectivity index (χ1n) is 7.73. The molecule has 0 aliphatic heterocycles. The Labute approximate surface area is 147 Å². The largest absolute Gasteiger partial charge is 0.379 e. The minimum absolute atomic E-state index is 0.132. The molecule has 3 rings (SSSR count). The van der Waals surface area contributed by atoms with Crippen LogP contribution in [0.2, 0.25) is 0 Å². The molecule has 5 heteroatoms. The van der Waals surface area contributed by atoms with E-state index in [1.807, 2.05) is 37.3 Å². The van der Waals surface area contributed by atoms with E-state index < -0.39 is 10.1 Å². The number of aryl methyl sites for hydroxylation is 1. The van der Waals surface area contributed by atoms with Crippen molar-refractivity contribution in [3.63, 3.8) is 0 Å². The molecule has 0 fully saturated rings. The number of benzene rings is 3. The first-order chi connectivity index (χ1) is 12.0. The van der Waals surface area contributed by atoms with Gasteiger partial charge in [-0.3, -0.25) is 4.99 Å². The Hall–Kier alpha value is -2.92. The third-order valence-electron chi connectivity index (χ3n) is 3.51. The highest BCUT2D eigenvalue weighted by Gasteiger charge is 2.16. The average Bonchev–Trinajstić information content (AvgIpc) is 2.62. The normalized spacial score (nSPS) is 11.6. The van der Waals surface area contributed by atoms with Gasteiger partial charge in [0.25, 0.3) is 0 Å². The standard InChI is InChI=1S/C20H17NO3S/c1-16-7-13-20(14-8-16)25(22,23)24-19-11-9-17(10-12-19)15-21-18-5-3-2-4-6-18/h2-15H,1H3. The lowest BCUT2D eigenvalue weighted by Gasteiger charge is -2.07. The Kier molecular flexibility index (Phi) is 4.95. The lowest BCUT2D eigenvalue weighted by Crippen LogP contribution is -2.09. The van der Waals surface area contributed by atoms with Gasteiger partial charge in [-0.25, -0.2) is 0 Å². The molecule has 0 saturated carbocycles. The van der Waals surface area contributed by atoms with Gasteiger partial charge in [0.1, 0.15) is 10.6 Å². The number of nitrogens with zero attached hydrogens (tertiary/aromatic N) is 1. The van der Waals surface area contributed by atoms with E-state index in [4.69, 9.17) is 4.18 Å². The summed E-state index contributed by atoms with van der Waals surface area (Å²) in [5, 5.41) is 0. The number of para-hydroxylation sites is 1. The molecule has 3 aromatic rings. The minimum atomic E-state index is -3.83. The fourth-order valence-electron chi connectivity index (χ4n) is 2.15. The third-order valence-corrected chi connectivity index (χ3v) is 4.78. The smallest absolute Gasteiger partial charge is 0.339 e. The molecule has 0 radical (unpaired) electrons. The zero-order valence-electron chi connectivity index (χ0n) is 13.7. The molecule has 0 bridgehead atoms. The van der Waals surface area contributed by atoms with Gasteiger partial charge in [0.2, 0.25) is 0 Å². The zero-order valence-corrected chi connectivity index (χ0v) is 14.5. The van der Waals surface area contributed by atoms with Gasteiger partial charge in [-0.05, 0) is 61.0 Å². The van der Waals surface area contributed by atoms with Gasteiger partial charge in [-0.1, -0.05) is 35.9 Å². The summed E-state index contributed by atoms with van der Waals surface area (Å²) in [6.07, 6.45) is 1.72. The van der Waals surface area contributed by atoms with Crippen LogP contribution in [0.25, 0.3) is 0 Å². The highest BCUT2D eigenvalue weighted by atomic mass is 32.2. The van der Waals surface area contributed by atoms with Crippen LogP contribution in [0, 0.1) is 6.92 Å². The van der Waals surface area contributed by atoms with Crippen molar-refractivity contribution in [3.8, 4) is 5.75 Å². The molecular weight excluding hydrogens is 334 g/mol. The van der Waals surface area contributed by atoms with Gasteiger partial charge < -0.3 is 4.18 Å². The van der Waals surface area contributed by atoms with Crippen molar-refractivity contribution in [2.24, 2.45) is 4.99 Å². The van der Waals surface area contributed by atoms with E-state index in [2.05, 4.69) is 4.99 Å². The molecule has 0 amide bonds. The Morgan fingerprint density at radius 3 is 2.12 bits per heavy atom. The van der Waals surface area contributed by atoms with Crippen LogP contribution < -0.4 is 4.18 Å². The van der Waals surface area contributed by atoms with E-state index in [1.165, 1.54) is 12.1 Å². The van der Waals surface area contributed by atoms with E-state index >= 15 is 0 Å². The Morgan fingerprint density at radius 2 is 1.48 bits per heavy atom. The number of hydrogen-bond donors (Lipinski definition) is 0. The van der Waals surface area contributed by atoms with Gasteiger partial charge >= 0.3 is 10.1 Å². The summed E-state index contributed by atoms with van der Waals surface area (Å²) in [6, 6.07) is 22.8. The molecule has 25 heavy (non-hydrogen) atoms. The van der Waals surface area contributed by atoms with Gasteiger partial charge in [0, 0.05) is 6.21 Å². The van der Waals surface area contributed by atoms with Crippen molar-refractivity contribution in [2.45, 2.75) is 11.8 Å². The van der Waals surface area contributed by atoms with E-state index in [0.29, 0.717) is 0 Å². The molecule has 0 spiro atoms. The average molecular weight is 351 g/mol. The van der Waals surface area contributed by atoms with Crippen molar-refractivity contribution < 1.29 is 12.6 Å². The minimum Gasteiger partial charge on any atom is -0.379 e. The molecule has 0 aliphatic carbocycles. The van der Waals surface area contributed by atoms with Crippen LogP contribution in [-0.4, -0.2) is 14.6 Å². The summed E-state index contributed by atoms with van der Waals surface area (Å²) in [7, 11) is -3.83. The number of aliphatic imine (C=N–C) groups is 1. The van der Waals surface area contributed by atoms with E-state index in [9.17, 15) is 8.42 Å². The fraction of sp³-hybridized carbons (Fsp3) is 0.0500. The monoisotopic (exact) mass is 351 g/mol. The number of rotatable bonds is 5. The van der Waals surface area contributed by atoms with E-state index in [-0.39, 0.29) is 10.6 Å². The molecule has 0 aromatic heterocycles. The fourth-order valence-corrected chi connectivity index (χ4v) is 3.08. The first kappa shape index (κ1) is 16.9. The quantitative estimate of drug-likeness (QED) is 0.502. The predicted molar refractivity (Wildman–Crippen MR) is 99.1 cm³/mol. The Bertz CT molecular complexity index is 962. The van der Waals surface area contributed by atoms with E-state index in [1.54, 1.807) is 42.6 Å². The zero-order chi connectivity index (χ0) is 17.7. The van der Waals surface area contributed by atoms with Crippen molar-refractivity contribution in [3.05, 3.63) is 90.0 Å². The molecule has 126 valence electrons. The van der Waals surface area contributed by atoms with Crippen molar-refractivity contribution in [2.75, 3.05) is 0 Å². The summed E-state index contributed by atoms with van der Waals surface area (Å²) in [5.41, 5.74) is 2.69. The van der Waals surface area contributed by atoms with Crippen LogP contribution in [0.1, 0.15) is 11.1 Å². The maximum absolute atomic E-state index is 12.3. The molecule has 0 unspecified atom stereocenters. The van der Waals surface area contributed by atoms with Crippen molar-refractivity contribution >= 4 is 22.0 Å². The SMILES string of the molecule is Cc1ccc(S(=O)(=O)Oc2ccc(C=Nc3ccccc3)cc2)cc1. The molecule has 0 N–H and O–H groups in total. The van der Waals surface area contributed by atoms with Gasteiger partial charge in [0.15, 0.2) is 0 Å². The van der Waals surface area contributed by atoms with Crippen LogP contribution in [0.3, 0.4) is 0 Å². The molecule has 0 atom stereocenters. The number of hydrogen-bond acceptors (Lipinski definition) is 4. The lowest BCUT2D eigenvalue weighted by atomic mass is 10.2. The summed E-state index contributed by atoms with van der Waals surface area (Å²) < 4.78 is 29.7. The molecule has 3 aromatic carbocycles. The Balaban J connectivity index is 1.72. The Morgan fingerprint density at radius 1 is 0.840 bits per heavy atom. The summed E-state index contributed by atoms with van der Waals surface area (Å²) in [5.74, 6) is 0.262. The second-order valence-electron chi connectivity index (χ2n) is 5.51. The van der Waals surface area contributed by atoms with Crippen LogP contribution in [0.5, 0.6) is 5.75 Å². The van der Waals surface area contributed by atoms with Crippen molar-refractivity contribution in [1.82, 2.24) is 0 Å². The summed E-state index contributed by atoms with van der Waals surface area (Å²) in [6.45, 7) is 1.90. The first-order valence-corrected chi connectivity index (χ1v) is 9.14. The van der Waals surface area contributed by atoms with Crippen LogP contribution >= 0.6 is 0 Å². The lowest BCUT2D eigenvalue weighted by molar-refractivity contribution is 0.486. The second kappa shape index (κ2) is 7.32. The van der Waals surface area contributed by atoms with Gasteiger partial charge in [-0.2, -0.15) is 8.42 Å². The van der Waals surface area contributed by atoms with Crippen LogP contribution in [-0.2, 0) is 10.1 Å². The summed E-state index contributed by atoms with van der Waals surface area (Å²) in [4.78, 5) is 4.48. The molecule has 0 saturated heterocycles. The summed E-state index contributed by atoms with van der Waals surface area (Å²) >= 11 is 0. The molecule has 4 nitrogen and oxygen atoms in total. The maximum atomic E-state index is 12.3. The van der Waals surface area contributed by atoms with Crippen LogP contribution in [0.15, 0.2) is 88.8 Å². The highest BCUT2D eigenvalue weighted by Crippen LogP contribution is 2.19. The molecular formula is C20H17NO3S. The molecule has 0 heterocycles. The van der Waals surface area contributed by atoms with Gasteiger partial charge in [-0.15, -0.1) is 0 Å². The maximum Gasteiger partial charge on any atom is 0.339 e. The van der Waals surface area contributed by atoms with Gasteiger partial charge in [0.05, 0.1) is 5.69 Å². The second-order valence-corrected chi connectivity index (χ2v) is 7.06. The van der Waals surface area contributed by atoms with Crippen LogP contribution in [0.4, 0.5) is 5.69 Å². The molecule has 0 aliphatic rings. The highest BCUT2D eigenvalue weighted by molar-refractivity contribution is 7.87.